The lowest BCUT2D eigenvalue weighted by atomic mass is 9.99. The van der Waals surface area contributed by atoms with E-state index < -0.39 is 11.8 Å². The highest BCUT2D eigenvalue weighted by Gasteiger charge is 2.25. The van der Waals surface area contributed by atoms with Gasteiger partial charge in [0.1, 0.15) is 5.60 Å². The van der Waals surface area contributed by atoms with Gasteiger partial charge in [0.05, 0.1) is 12.1 Å². The molecular weight excluding hydrogens is 332 g/mol. The summed E-state index contributed by atoms with van der Waals surface area (Å²) in [7, 11) is 0. The summed E-state index contributed by atoms with van der Waals surface area (Å²) < 4.78 is 11.0. The summed E-state index contributed by atoms with van der Waals surface area (Å²) in [5.74, 6) is 1.07. The van der Waals surface area contributed by atoms with Crippen LogP contribution >= 0.6 is 0 Å². The van der Waals surface area contributed by atoms with Gasteiger partial charge in [0, 0.05) is 24.5 Å². The second kappa shape index (κ2) is 7.91. The van der Waals surface area contributed by atoms with E-state index in [1.807, 2.05) is 57.2 Å². The molecule has 0 atom stereocenters. The van der Waals surface area contributed by atoms with Crippen LogP contribution in [0.1, 0.15) is 33.6 Å². The SMILES string of the molecule is CC(C)(C)OC(=O)ON1CCC(COc2ccc3ccccc3n2)CC1. The lowest BCUT2D eigenvalue weighted by Crippen LogP contribution is -2.38. The topological polar surface area (TPSA) is 60.9 Å². The summed E-state index contributed by atoms with van der Waals surface area (Å²) in [4.78, 5) is 21.5. The van der Waals surface area contributed by atoms with E-state index in [1.165, 1.54) is 0 Å². The molecule has 0 unspecified atom stereocenters. The quantitative estimate of drug-likeness (QED) is 0.764. The van der Waals surface area contributed by atoms with E-state index in [9.17, 15) is 4.79 Å². The number of pyridine rings is 1. The first-order valence-electron chi connectivity index (χ1n) is 9.03. The summed E-state index contributed by atoms with van der Waals surface area (Å²) >= 11 is 0. The maximum absolute atomic E-state index is 11.7. The fourth-order valence-corrected chi connectivity index (χ4v) is 2.87. The largest absolute Gasteiger partial charge is 0.528 e. The van der Waals surface area contributed by atoms with Crippen LogP contribution in [0.5, 0.6) is 5.88 Å². The first-order chi connectivity index (χ1) is 12.4. The molecule has 0 bridgehead atoms. The van der Waals surface area contributed by atoms with Gasteiger partial charge in [0.2, 0.25) is 5.88 Å². The average Bonchev–Trinajstić information content (AvgIpc) is 2.59. The first kappa shape index (κ1) is 18.5. The number of hydrogen-bond donors (Lipinski definition) is 0. The standard InChI is InChI=1S/C20H26N2O4/c1-20(2,3)25-19(23)26-22-12-10-15(11-13-22)14-24-18-9-8-16-6-4-5-7-17(16)21-18/h4-9,15H,10-14H2,1-3H3. The second-order valence-electron chi connectivity index (χ2n) is 7.58. The molecule has 1 saturated heterocycles. The lowest BCUT2D eigenvalue weighted by molar-refractivity contribution is -0.156. The predicted octanol–water partition coefficient (Wildman–Crippen LogP) is 4.19. The Morgan fingerprint density at radius 2 is 1.88 bits per heavy atom. The van der Waals surface area contributed by atoms with Gasteiger partial charge in [-0.3, -0.25) is 0 Å². The Labute approximate surface area is 154 Å². The van der Waals surface area contributed by atoms with Crippen LogP contribution < -0.4 is 4.74 Å². The highest BCUT2D eigenvalue weighted by atomic mass is 16.8. The third-order valence-corrected chi connectivity index (χ3v) is 4.21. The highest BCUT2D eigenvalue weighted by Crippen LogP contribution is 2.21. The van der Waals surface area contributed by atoms with Crippen molar-refractivity contribution in [1.29, 1.82) is 0 Å². The number of benzene rings is 1. The Kier molecular flexibility index (Phi) is 5.61. The number of ether oxygens (including phenoxy) is 2. The van der Waals surface area contributed by atoms with E-state index in [0.29, 0.717) is 31.5 Å². The summed E-state index contributed by atoms with van der Waals surface area (Å²) in [6.45, 7) is 7.43. The molecule has 1 aliphatic heterocycles. The minimum atomic E-state index is -0.646. The Hall–Kier alpha value is -2.34. The smallest absolute Gasteiger partial charge is 0.477 e. The van der Waals surface area contributed by atoms with Crippen LogP contribution in [-0.2, 0) is 9.57 Å². The maximum Gasteiger partial charge on any atom is 0.528 e. The van der Waals surface area contributed by atoms with Crippen molar-refractivity contribution in [3.05, 3.63) is 36.4 Å². The average molecular weight is 358 g/mol. The molecular formula is C20H26N2O4. The molecule has 1 aromatic carbocycles. The summed E-state index contributed by atoms with van der Waals surface area (Å²) in [6, 6.07) is 11.9. The monoisotopic (exact) mass is 358 g/mol. The van der Waals surface area contributed by atoms with E-state index in [2.05, 4.69) is 4.98 Å². The van der Waals surface area contributed by atoms with Crippen molar-refractivity contribution in [3.8, 4) is 5.88 Å². The van der Waals surface area contributed by atoms with Gasteiger partial charge in [-0.05, 0) is 51.7 Å². The van der Waals surface area contributed by atoms with Crippen molar-refractivity contribution in [2.45, 2.75) is 39.2 Å². The number of fused-ring (bicyclic) bond motifs is 1. The van der Waals surface area contributed by atoms with Crippen LogP contribution in [0.4, 0.5) is 4.79 Å². The molecule has 1 fully saturated rings. The molecule has 1 aromatic heterocycles. The maximum atomic E-state index is 11.7. The zero-order chi connectivity index (χ0) is 18.6. The van der Waals surface area contributed by atoms with Crippen LogP contribution in [0.2, 0.25) is 0 Å². The number of aromatic nitrogens is 1. The lowest BCUT2D eigenvalue weighted by Gasteiger charge is -2.30. The van der Waals surface area contributed by atoms with Gasteiger partial charge in [0.15, 0.2) is 0 Å². The number of carbonyl (C=O) groups is 1. The molecule has 140 valence electrons. The molecule has 1 aliphatic rings. The number of rotatable bonds is 4. The number of hydrogen-bond acceptors (Lipinski definition) is 6. The van der Waals surface area contributed by atoms with Gasteiger partial charge in [-0.2, -0.15) is 0 Å². The fraction of sp³-hybridized carbons (Fsp3) is 0.500. The molecule has 0 N–H and O–H groups in total. The number of carbonyl (C=O) groups excluding carboxylic acids is 1. The van der Waals surface area contributed by atoms with Crippen molar-refractivity contribution in [2.75, 3.05) is 19.7 Å². The molecule has 6 heteroatoms. The summed E-state index contributed by atoms with van der Waals surface area (Å²) in [5.41, 5.74) is 0.390. The molecule has 0 saturated carbocycles. The zero-order valence-electron chi connectivity index (χ0n) is 15.6. The minimum Gasteiger partial charge on any atom is -0.477 e. The van der Waals surface area contributed by atoms with E-state index in [1.54, 1.807) is 5.06 Å². The number of piperidine rings is 1. The zero-order valence-corrected chi connectivity index (χ0v) is 15.6. The Morgan fingerprint density at radius 3 is 2.62 bits per heavy atom. The molecule has 2 heterocycles. The predicted molar refractivity (Wildman–Crippen MR) is 98.9 cm³/mol. The van der Waals surface area contributed by atoms with E-state index in [4.69, 9.17) is 14.3 Å². The molecule has 2 aromatic rings. The molecule has 0 amide bonds. The van der Waals surface area contributed by atoms with E-state index in [0.717, 1.165) is 23.7 Å². The van der Waals surface area contributed by atoms with Crippen molar-refractivity contribution in [3.63, 3.8) is 0 Å². The van der Waals surface area contributed by atoms with Crippen molar-refractivity contribution >= 4 is 17.1 Å². The molecule has 0 spiro atoms. The van der Waals surface area contributed by atoms with E-state index >= 15 is 0 Å². The van der Waals surface area contributed by atoms with Crippen LogP contribution in [0.15, 0.2) is 36.4 Å². The van der Waals surface area contributed by atoms with Gasteiger partial charge < -0.3 is 14.3 Å². The minimum absolute atomic E-state index is 0.418. The Morgan fingerprint density at radius 1 is 1.15 bits per heavy atom. The molecule has 0 radical (unpaired) electrons. The van der Waals surface area contributed by atoms with Gasteiger partial charge in [-0.25, -0.2) is 9.78 Å². The van der Waals surface area contributed by atoms with Crippen molar-refractivity contribution in [2.24, 2.45) is 5.92 Å². The van der Waals surface area contributed by atoms with Crippen LogP contribution in [0.3, 0.4) is 0 Å². The Bertz CT molecular complexity index is 749. The Balaban J connectivity index is 1.43. The number of nitrogens with zero attached hydrogens (tertiary/aromatic N) is 2. The van der Waals surface area contributed by atoms with Gasteiger partial charge in [-0.15, -0.1) is 5.06 Å². The van der Waals surface area contributed by atoms with Crippen LogP contribution in [-0.4, -0.2) is 41.5 Å². The second-order valence-corrected chi connectivity index (χ2v) is 7.58. The van der Waals surface area contributed by atoms with Crippen molar-refractivity contribution < 1.29 is 19.1 Å². The summed E-state index contributed by atoms with van der Waals surface area (Å²) in [5, 5.41) is 2.77. The van der Waals surface area contributed by atoms with Gasteiger partial charge in [-0.1, -0.05) is 18.2 Å². The fourth-order valence-electron chi connectivity index (χ4n) is 2.87. The number of para-hydroxylation sites is 1. The normalized spacial score (nSPS) is 16.4. The van der Waals surface area contributed by atoms with Gasteiger partial charge >= 0.3 is 6.16 Å². The third kappa shape index (κ3) is 5.33. The van der Waals surface area contributed by atoms with Gasteiger partial charge in [0.25, 0.3) is 0 Å². The molecule has 0 aliphatic carbocycles. The van der Waals surface area contributed by atoms with Crippen LogP contribution in [0, 0.1) is 5.92 Å². The van der Waals surface area contributed by atoms with Crippen LogP contribution in [0.25, 0.3) is 10.9 Å². The first-order valence-corrected chi connectivity index (χ1v) is 9.03. The molecule has 6 nitrogen and oxygen atoms in total. The highest BCUT2D eigenvalue weighted by molar-refractivity contribution is 5.78. The summed E-state index contributed by atoms with van der Waals surface area (Å²) in [6.07, 6.45) is 1.15. The number of hydroxylamine groups is 2. The third-order valence-electron chi connectivity index (χ3n) is 4.21. The molecule has 26 heavy (non-hydrogen) atoms. The molecule has 3 rings (SSSR count). The van der Waals surface area contributed by atoms with E-state index in [-0.39, 0.29) is 0 Å². The van der Waals surface area contributed by atoms with Crippen molar-refractivity contribution in [1.82, 2.24) is 10.0 Å².